The van der Waals surface area contributed by atoms with E-state index in [2.05, 4.69) is 28.7 Å². The number of hydrogen-bond acceptors (Lipinski definition) is 7. The third kappa shape index (κ3) is 4.64. The molecule has 1 saturated heterocycles. The summed E-state index contributed by atoms with van der Waals surface area (Å²) < 4.78 is 15.3. The molecular weight excluding hydrogens is 350 g/mol. The van der Waals surface area contributed by atoms with Crippen molar-refractivity contribution in [3.8, 4) is 5.75 Å². The highest BCUT2D eigenvalue weighted by molar-refractivity contribution is 5.90. The Morgan fingerprint density at radius 3 is 2.48 bits per heavy atom. The summed E-state index contributed by atoms with van der Waals surface area (Å²) >= 11 is 0. The Hall–Kier alpha value is -2.90. The fourth-order valence-corrected chi connectivity index (χ4v) is 3.32. The Morgan fingerprint density at radius 1 is 1.19 bits per heavy atom. The molecule has 0 aliphatic carbocycles. The molecule has 144 valence electrons. The van der Waals surface area contributed by atoms with Gasteiger partial charge in [0.2, 0.25) is 5.82 Å². The Balaban J connectivity index is 1.57. The van der Waals surface area contributed by atoms with Crippen LogP contribution in [0.25, 0.3) is 0 Å². The van der Waals surface area contributed by atoms with Crippen molar-refractivity contribution >= 4 is 11.9 Å². The number of nitrogens with zero attached hydrogens (tertiary/aromatic N) is 3. The molecule has 1 fully saturated rings. The summed E-state index contributed by atoms with van der Waals surface area (Å²) in [6.07, 6.45) is 1.11. The van der Waals surface area contributed by atoms with Gasteiger partial charge in [-0.3, -0.25) is 4.79 Å². The van der Waals surface area contributed by atoms with Crippen LogP contribution in [0.5, 0.6) is 5.75 Å². The number of ether oxygens (including phenoxy) is 2. The fourth-order valence-electron chi connectivity index (χ4n) is 3.32. The van der Waals surface area contributed by atoms with Crippen molar-refractivity contribution in [3.63, 3.8) is 0 Å². The highest BCUT2D eigenvalue weighted by atomic mass is 16.5. The summed E-state index contributed by atoms with van der Waals surface area (Å²) in [6, 6.07) is 6.50. The van der Waals surface area contributed by atoms with Crippen LogP contribution in [0.4, 0.5) is 0 Å². The first-order valence-corrected chi connectivity index (χ1v) is 8.89. The number of aromatic nitrogens is 2. The van der Waals surface area contributed by atoms with E-state index in [1.54, 1.807) is 29.2 Å². The average molecular weight is 373 g/mol. The molecule has 2 aromatic rings. The number of hydrogen-bond donors (Lipinski definition) is 0. The van der Waals surface area contributed by atoms with Gasteiger partial charge in [0.25, 0.3) is 0 Å². The van der Waals surface area contributed by atoms with Crippen LogP contribution < -0.4 is 4.74 Å². The van der Waals surface area contributed by atoms with Gasteiger partial charge in [0.15, 0.2) is 6.61 Å². The van der Waals surface area contributed by atoms with Crippen LogP contribution in [0.15, 0.2) is 28.8 Å². The zero-order valence-electron chi connectivity index (χ0n) is 15.7. The second-order valence-corrected chi connectivity index (χ2v) is 6.98. The van der Waals surface area contributed by atoms with Crippen molar-refractivity contribution < 1.29 is 23.6 Å². The molecule has 0 saturated carbocycles. The lowest BCUT2D eigenvalue weighted by Gasteiger charge is -2.33. The van der Waals surface area contributed by atoms with E-state index in [1.807, 2.05) is 0 Å². The van der Waals surface area contributed by atoms with Crippen LogP contribution in [0, 0.1) is 11.8 Å². The molecular formula is C19H23N3O5. The Labute approximate surface area is 157 Å². The van der Waals surface area contributed by atoms with Crippen LogP contribution in [-0.4, -0.2) is 47.1 Å². The lowest BCUT2D eigenvalue weighted by molar-refractivity contribution is 0.0572. The number of carbonyl (C=O) groups is 2. The molecule has 1 aliphatic heterocycles. The quantitative estimate of drug-likeness (QED) is 0.743. The highest BCUT2D eigenvalue weighted by Crippen LogP contribution is 2.22. The molecule has 2 heterocycles. The third-order valence-electron chi connectivity index (χ3n) is 4.45. The molecule has 1 amide bonds. The molecule has 1 aliphatic rings. The van der Waals surface area contributed by atoms with Gasteiger partial charge < -0.3 is 18.9 Å². The van der Waals surface area contributed by atoms with E-state index in [-0.39, 0.29) is 24.2 Å². The van der Waals surface area contributed by atoms with Gasteiger partial charge in [-0.25, -0.2) is 4.79 Å². The molecule has 0 unspecified atom stereocenters. The van der Waals surface area contributed by atoms with E-state index in [0.717, 1.165) is 6.42 Å². The highest BCUT2D eigenvalue weighted by Gasteiger charge is 2.29. The first kappa shape index (κ1) is 18.9. The number of amides is 1. The number of esters is 1. The number of carbonyl (C=O) groups excluding carboxylic acids is 2. The van der Waals surface area contributed by atoms with Crippen molar-refractivity contribution in [2.75, 3.05) is 20.2 Å². The zero-order chi connectivity index (χ0) is 19.4. The number of rotatable bonds is 5. The molecule has 2 atom stereocenters. The van der Waals surface area contributed by atoms with Crippen molar-refractivity contribution in [2.45, 2.75) is 26.9 Å². The second kappa shape index (κ2) is 8.20. The minimum absolute atomic E-state index is 0.0176. The summed E-state index contributed by atoms with van der Waals surface area (Å²) in [7, 11) is 1.33. The predicted molar refractivity (Wildman–Crippen MR) is 95.3 cm³/mol. The van der Waals surface area contributed by atoms with Gasteiger partial charge in [-0.15, -0.1) is 0 Å². The van der Waals surface area contributed by atoms with Crippen molar-refractivity contribution in [1.82, 2.24) is 15.0 Å². The van der Waals surface area contributed by atoms with Gasteiger partial charge in [-0.2, -0.15) is 4.98 Å². The zero-order valence-corrected chi connectivity index (χ0v) is 15.7. The molecule has 0 spiro atoms. The largest absolute Gasteiger partial charge is 0.485 e. The fraction of sp³-hybridized carbons (Fsp3) is 0.474. The summed E-state index contributed by atoms with van der Waals surface area (Å²) in [5, 5.41) is 3.81. The van der Waals surface area contributed by atoms with E-state index in [4.69, 9.17) is 9.26 Å². The summed E-state index contributed by atoms with van der Waals surface area (Å²) in [4.78, 5) is 29.9. The first-order valence-electron chi connectivity index (χ1n) is 8.89. The lowest BCUT2D eigenvalue weighted by atomic mass is 9.92. The minimum Gasteiger partial charge on any atom is -0.485 e. The molecule has 3 rings (SSSR count). The maximum atomic E-state index is 12.6. The van der Waals surface area contributed by atoms with Crippen molar-refractivity contribution in [3.05, 3.63) is 41.5 Å². The van der Waals surface area contributed by atoms with Gasteiger partial charge in [0.1, 0.15) is 5.75 Å². The van der Waals surface area contributed by atoms with E-state index in [0.29, 0.717) is 36.2 Å². The minimum atomic E-state index is -0.413. The normalized spacial score (nSPS) is 19.6. The third-order valence-corrected chi connectivity index (χ3v) is 4.45. The number of methoxy groups -OCH3 is 1. The molecule has 27 heavy (non-hydrogen) atoms. The number of piperidine rings is 1. The van der Waals surface area contributed by atoms with Crippen LogP contribution in [-0.2, 0) is 11.3 Å². The van der Waals surface area contributed by atoms with E-state index >= 15 is 0 Å². The first-order chi connectivity index (χ1) is 13.0. The molecule has 1 aromatic heterocycles. The smallest absolute Gasteiger partial charge is 0.337 e. The van der Waals surface area contributed by atoms with E-state index in [9.17, 15) is 9.59 Å². The topological polar surface area (TPSA) is 94.8 Å². The predicted octanol–water partition coefficient (Wildman–Crippen LogP) is 2.55. The van der Waals surface area contributed by atoms with Crippen LogP contribution >= 0.6 is 0 Å². The molecule has 8 nitrogen and oxygen atoms in total. The standard InChI is InChI=1S/C19H23N3O5/c1-12-8-13(2)10-22(9-12)18(23)17-20-16(21-27-17)11-26-15-6-4-14(5-7-15)19(24)25-3/h4-7,12-13H,8-11H2,1-3H3/t12-,13+. The van der Waals surface area contributed by atoms with Crippen molar-refractivity contribution in [1.29, 1.82) is 0 Å². The SMILES string of the molecule is COC(=O)c1ccc(OCc2noc(C(=O)N3C[C@H](C)C[C@H](C)C3)n2)cc1. The monoisotopic (exact) mass is 373 g/mol. The average Bonchev–Trinajstić information content (AvgIpc) is 3.13. The molecule has 0 radical (unpaired) electrons. The van der Waals surface area contributed by atoms with Gasteiger partial charge in [0, 0.05) is 13.1 Å². The maximum Gasteiger partial charge on any atom is 0.337 e. The van der Waals surface area contributed by atoms with Gasteiger partial charge in [-0.05, 0) is 42.5 Å². The summed E-state index contributed by atoms with van der Waals surface area (Å²) in [6.45, 7) is 5.72. The Morgan fingerprint density at radius 2 is 1.85 bits per heavy atom. The van der Waals surface area contributed by atoms with Gasteiger partial charge in [-0.1, -0.05) is 19.0 Å². The van der Waals surface area contributed by atoms with Crippen LogP contribution in [0.2, 0.25) is 0 Å². The lowest BCUT2D eigenvalue weighted by Crippen LogP contribution is -2.42. The van der Waals surface area contributed by atoms with E-state index in [1.165, 1.54) is 7.11 Å². The Bertz CT molecular complexity index is 792. The Kier molecular flexibility index (Phi) is 5.73. The number of likely N-dealkylation sites (tertiary alicyclic amines) is 1. The van der Waals surface area contributed by atoms with Crippen LogP contribution in [0.3, 0.4) is 0 Å². The van der Waals surface area contributed by atoms with Crippen LogP contribution in [0.1, 0.15) is 47.1 Å². The van der Waals surface area contributed by atoms with Crippen molar-refractivity contribution in [2.24, 2.45) is 11.8 Å². The van der Waals surface area contributed by atoms with Gasteiger partial charge >= 0.3 is 17.8 Å². The van der Waals surface area contributed by atoms with E-state index < -0.39 is 5.97 Å². The number of benzene rings is 1. The molecule has 0 N–H and O–H groups in total. The summed E-state index contributed by atoms with van der Waals surface area (Å²) in [5.41, 5.74) is 0.433. The van der Waals surface area contributed by atoms with Gasteiger partial charge in [0.05, 0.1) is 12.7 Å². The molecule has 8 heteroatoms. The molecule has 1 aromatic carbocycles. The summed E-state index contributed by atoms with van der Waals surface area (Å²) in [5.74, 6) is 1.06. The second-order valence-electron chi connectivity index (χ2n) is 6.98. The maximum absolute atomic E-state index is 12.6. The molecule has 0 bridgehead atoms.